The number of carbonyl (C=O) groups is 1. The van der Waals surface area contributed by atoms with E-state index in [-0.39, 0.29) is 18.5 Å². The summed E-state index contributed by atoms with van der Waals surface area (Å²) in [7, 11) is 0. The summed E-state index contributed by atoms with van der Waals surface area (Å²) in [4.78, 5) is 17.4. The Bertz CT molecular complexity index is 1140. The van der Waals surface area contributed by atoms with Gasteiger partial charge in [-0.25, -0.2) is 4.98 Å². The maximum atomic E-state index is 12.9. The van der Waals surface area contributed by atoms with Crippen LogP contribution in [0.3, 0.4) is 0 Å². The van der Waals surface area contributed by atoms with Crippen molar-refractivity contribution in [2.75, 3.05) is 26.4 Å². The molecule has 3 heterocycles. The third-order valence-electron chi connectivity index (χ3n) is 5.55. The summed E-state index contributed by atoms with van der Waals surface area (Å²) in [6.45, 7) is 6.33. The quantitative estimate of drug-likeness (QED) is 0.694. The second-order valence-electron chi connectivity index (χ2n) is 7.78. The van der Waals surface area contributed by atoms with Crippen molar-refractivity contribution in [3.05, 3.63) is 41.7 Å². The zero-order valence-corrected chi connectivity index (χ0v) is 17.6. The van der Waals surface area contributed by atoms with E-state index in [4.69, 9.17) is 18.9 Å². The molecule has 8 nitrogen and oxygen atoms in total. The number of fused-ring (bicyclic) bond motifs is 3. The highest BCUT2D eigenvalue weighted by Gasteiger charge is 2.19. The van der Waals surface area contributed by atoms with Crippen LogP contribution in [-0.4, -0.2) is 41.9 Å². The van der Waals surface area contributed by atoms with E-state index in [9.17, 15) is 4.79 Å². The first kappa shape index (κ1) is 19.5. The first-order valence-electron chi connectivity index (χ1n) is 10.5. The van der Waals surface area contributed by atoms with Crippen LogP contribution >= 0.6 is 0 Å². The molecule has 0 spiro atoms. The zero-order chi connectivity index (χ0) is 21.4. The van der Waals surface area contributed by atoms with Gasteiger partial charge in [-0.1, -0.05) is 6.07 Å². The Morgan fingerprint density at radius 2 is 1.68 bits per heavy atom. The van der Waals surface area contributed by atoms with E-state index in [1.54, 1.807) is 0 Å². The van der Waals surface area contributed by atoms with Crippen LogP contribution in [0.1, 0.15) is 30.8 Å². The van der Waals surface area contributed by atoms with Crippen molar-refractivity contribution in [2.45, 2.75) is 32.9 Å². The van der Waals surface area contributed by atoms with Crippen LogP contribution < -0.4 is 24.3 Å². The van der Waals surface area contributed by atoms with Crippen LogP contribution in [0, 0.1) is 6.92 Å². The summed E-state index contributed by atoms with van der Waals surface area (Å²) in [6.07, 6.45) is 0.856. The van der Waals surface area contributed by atoms with Gasteiger partial charge in [-0.15, -0.1) is 0 Å². The van der Waals surface area contributed by atoms with Crippen molar-refractivity contribution >= 4 is 16.9 Å². The fourth-order valence-corrected chi connectivity index (χ4v) is 3.94. The molecule has 0 unspecified atom stereocenters. The number of amides is 1. The second-order valence-corrected chi connectivity index (χ2v) is 7.78. The molecule has 0 bridgehead atoms. The number of ether oxygens (including phenoxy) is 4. The monoisotopic (exact) mass is 423 g/mol. The van der Waals surface area contributed by atoms with Gasteiger partial charge in [0, 0.05) is 18.6 Å². The Labute approximate surface area is 180 Å². The molecule has 0 saturated heterocycles. The number of rotatable bonds is 4. The first-order valence-corrected chi connectivity index (χ1v) is 10.5. The maximum absolute atomic E-state index is 12.9. The van der Waals surface area contributed by atoms with Gasteiger partial charge in [-0.3, -0.25) is 4.79 Å². The molecule has 2 aromatic carbocycles. The van der Waals surface area contributed by atoms with E-state index in [1.807, 2.05) is 48.7 Å². The van der Waals surface area contributed by atoms with Crippen LogP contribution in [0.2, 0.25) is 0 Å². The number of benzene rings is 2. The summed E-state index contributed by atoms with van der Waals surface area (Å²) < 4.78 is 24.7. The van der Waals surface area contributed by atoms with Crippen LogP contribution in [0.25, 0.3) is 11.0 Å². The standard InChI is InChI=1S/C23H25N3O5/c1-14(16-4-5-19-20(10-16)29-7-3-6-28-19)24-23(27)13-26-15(2)25-17-11-21-22(12-18(17)26)31-9-8-30-21/h4-5,10-12,14H,3,6-9,13H2,1-2H3,(H,24,27)/t14-/m0/s1. The third-order valence-corrected chi connectivity index (χ3v) is 5.55. The number of carbonyl (C=O) groups excluding carboxylic acids is 1. The van der Waals surface area contributed by atoms with E-state index in [1.165, 1.54) is 0 Å². The minimum atomic E-state index is -0.177. The minimum absolute atomic E-state index is 0.100. The normalized spacial score (nSPS) is 15.9. The Balaban J connectivity index is 1.33. The van der Waals surface area contributed by atoms with E-state index in [0.717, 1.165) is 40.3 Å². The van der Waals surface area contributed by atoms with Gasteiger partial charge in [0.2, 0.25) is 5.91 Å². The van der Waals surface area contributed by atoms with Crippen LogP contribution in [0.4, 0.5) is 0 Å². The van der Waals surface area contributed by atoms with Crippen molar-refractivity contribution in [3.8, 4) is 23.0 Å². The maximum Gasteiger partial charge on any atom is 0.240 e. The average molecular weight is 423 g/mol. The summed E-state index contributed by atoms with van der Waals surface area (Å²) in [6, 6.07) is 9.38. The van der Waals surface area contributed by atoms with Crippen molar-refractivity contribution in [1.82, 2.24) is 14.9 Å². The number of imidazole rings is 1. The van der Waals surface area contributed by atoms with Gasteiger partial charge in [-0.2, -0.15) is 0 Å². The lowest BCUT2D eigenvalue weighted by molar-refractivity contribution is -0.122. The molecular weight excluding hydrogens is 398 g/mol. The lowest BCUT2D eigenvalue weighted by atomic mass is 10.1. The molecule has 8 heteroatoms. The molecule has 1 atom stereocenters. The van der Waals surface area contributed by atoms with Crippen molar-refractivity contribution < 1.29 is 23.7 Å². The van der Waals surface area contributed by atoms with Gasteiger partial charge < -0.3 is 28.8 Å². The SMILES string of the molecule is Cc1nc2cc3c(cc2n1CC(=O)N[C@@H](C)c1ccc2c(c1)OCCCO2)OCCO3. The van der Waals surface area contributed by atoms with E-state index in [0.29, 0.717) is 37.9 Å². The fourth-order valence-electron chi connectivity index (χ4n) is 3.94. The number of aryl methyl sites for hydroxylation is 1. The molecule has 1 N–H and O–H groups in total. The molecular formula is C23H25N3O5. The Morgan fingerprint density at radius 3 is 2.48 bits per heavy atom. The third kappa shape index (κ3) is 3.85. The van der Waals surface area contributed by atoms with Crippen LogP contribution in [0.15, 0.2) is 30.3 Å². The van der Waals surface area contributed by atoms with Crippen LogP contribution in [-0.2, 0) is 11.3 Å². The van der Waals surface area contributed by atoms with Gasteiger partial charge in [0.05, 0.1) is 30.3 Å². The average Bonchev–Trinajstić information content (AvgIpc) is 2.93. The molecule has 3 aromatic rings. The number of nitrogens with zero attached hydrogens (tertiary/aromatic N) is 2. The molecule has 0 radical (unpaired) electrons. The van der Waals surface area contributed by atoms with E-state index < -0.39 is 0 Å². The highest BCUT2D eigenvalue weighted by Crippen LogP contribution is 2.35. The topological polar surface area (TPSA) is 83.8 Å². The molecule has 0 saturated carbocycles. The van der Waals surface area contributed by atoms with Crippen LogP contribution in [0.5, 0.6) is 23.0 Å². The first-order chi connectivity index (χ1) is 15.1. The van der Waals surface area contributed by atoms with Gasteiger partial charge >= 0.3 is 0 Å². The molecule has 1 amide bonds. The number of hydrogen-bond donors (Lipinski definition) is 1. The molecule has 162 valence electrons. The highest BCUT2D eigenvalue weighted by atomic mass is 16.6. The molecule has 1 aromatic heterocycles. The highest BCUT2D eigenvalue weighted by molar-refractivity contribution is 5.84. The Hall–Kier alpha value is -3.42. The van der Waals surface area contributed by atoms with Gasteiger partial charge in [0.15, 0.2) is 23.0 Å². The fraction of sp³-hybridized carbons (Fsp3) is 0.391. The van der Waals surface area contributed by atoms with Gasteiger partial charge in [0.25, 0.3) is 0 Å². The summed E-state index contributed by atoms with van der Waals surface area (Å²) in [5.41, 5.74) is 2.59. The van der Waals surface area contributed by atoms with E-state index >= 15 is 0 Å². The predicted octanol–water partition coefficient (Wildman–Crippen LogP) is 3.15. The zero-order valence-electron chi connectivity index (χ0n) is 17.6. The summed E-state index contributed by atoms with van der Waals surface area (Å²) in [5, 5.41) is 3.07. The lowest BCUT2D eigenvalue weighted by Crippen LogP contribution is -2.30. The molecule has 5 rings (SSSR count). The number of nitrogens with one attached hydrogen (secondary N) is 1. The molecule has 2 aliphatic rings. The van der Waals surface area contributed by atoms with E-state index in [2.05, 4.69) is 10.3 Å². The lowest BCUT2D eigenvalue weighted by Gasteiger charge is -2.19. The second kappa shape index (κ2) is 8.02. The minimum Gasteiger partial charge on any atom is -0.490 e. The Kier molecular flexibility index (Phi) is 5.05. The van der Waals surface area contributed by atoms with Crippen molar-refractivity contribution in [2.24, 2.45) is 0 Å². The number of aromatic nitrogens is 2. The summed E-state index contributed by atoms with van der Waals surface area (Å²) in [5.74, 6) is 3.50. The molecule has 31 heavy (non-hydrogen) atoms. The Morgan fingerprint density at radius 1 is 1.00 bits per heavy atom. The van der Waals surface area contributed by atoms with Gasteiger partial charge in [0.1, 0.15) is 25.6 Å². The summed E-state index contributed by atoms with van der Waals surface area (Å²) >= 11 is 0. The molecule has 2 aliphatic heterocycles. The smallest absolute Gasteiger partial charge is 0.240 e. The van der Waals surface area contributed by atoms with Crippen molar-refractivity contribution in [1.29, 1.82) is 0 Å². The molecule has 0 aliphatic carbocycles. The largest absolute Gasteiger partial charge is 0.490 e. The molecule has 0 fully saturated rings. The predicted molar refractivity (Wildman–Crippen MR) is 114 cm³/mol. The van der Waals surface area contributed by atoms with Gasteiger partial charge in [-0.05, 0) is 31.5 Å². The van der Waals surface area contributed by atoms with Crippen molar-refractivity contribution in [3.63, 3.8) is 0 Å². The number of hydrogen-bond acceptors (Lipinski definition) is 6.